The third kappa shape index (κ3) is 2.23. The zero-order chi connectivity index (χ0) is 14.3. The van der Waals surface area contributed by atoms with E-state index in [1.54, 1.807) is 16.7 Å². The highest BCUT2D eigenvalue weighted by Crippen LogP contribution is 2.24. The molecule has 3 aromatic rings. The predicted octanol–water partition coefficient (Wildman–Crippen LogP) is 4.68. The van der Waals surface area contributed by atoms with Crippen molar-refractivity contribution in [2.75, 3.05) is 0 Å². The van der Waals surface area contributed by atoms with E-state index in [1.807, 2.05) is 6.07 Å². The van der Waals surface area contributed by atoms with Gasteiger partial charge in [-0.25, -0.2) is 8.78 Å². The Morgan fingerprint density at radius 3 is 2.80 bits per heavy atom. The van der Waals surface area contributed by atoms with Gasteiger partial charge in [0.2, 0.25) is 0 Å². The summed E-state index contributed by atoms with van der Waals surface area (Å²) in [5.41, 5.74) is 1.68. The Balaban J connectivity index is 2.16. The summed E-state index contributed by atoms with van der Waals surface area (Å²) in [6.07, 6.45) is 0. The van der Waals surface area contributed by atoms with Crippen LogP contribution in [0.1, 0.15) is 5.56 Å². The van der Waals surface area contributed by atoms with Gasteiger partial charge in [0.25, 0.3) is 0 Å². The first-order valence-corrected chi connectivity index (χ1v) is 6.66. The van der Waals surface area contributed by atoms with Crippen LogP contribution in [0.25, 0.3) is 11.0 Å². The molecule has 1 N–H and O–H groups in total. The SMILES string of the molecule is Fc1ccc(F)c(Cn2c(=S)[nH]c3c(Cl)cccc32)c1. The highest BCUT2D eigenvalue weighted by molar-refractivity contribution is 7.71. The van der Waals surface area contributed by atoms with Crippen molar-refractivity contribution in [3.05, 3.63) is 63.4 Å². The van der Waals surface area contributed by atoms with E-state index in [1.165, 1.54) is 6.07 Å². The maximum absolute atomic E-state index is 13.7. The summed E-state index contributed by atoms with van der Waals surface area (Å²) >= 11 is 11.3. The summed E-state index contributed by atoms with van der Waals surface area (Å²) in [6, 6.07) is 8.71. The lowest BCUT2D eigenvalue weighted by Crippen LogP contribution is -2.02. The van der Waals surface area contributed by atoms with Crippen molar-refractivity contribution in [2.45, 2.75) is 6.54 Å². The predicted molar refractivity (Wildman–Crippen MR) is 77.6 cm³/mol. The summed E-state index contributed by atoms with van der Waals surface area (Å²) in [4.78, 5) is 2.98. The number of aromatic amines is 1. The van der Waals surface area contributed by atoms with Gasteiger partial charge in [-0.05, 0) is 42.5 Å². The van der Waals surface area contributed by atoms with Crippen LogP contribution in [0.2, 0.25) is 5.02 Å². The van der Waals surface area contributed by atoms with Crippen molar-refractivity contribution in [3.63, 3.8) is 0 Å². The molecular formula is C14H9ClF2N2S. The van der Waals surface area contributed by atoms with Gasteiger partial charge < -0.3 is 9.55 Å². The smallest absolute Gasteiger partial charge is 0.178 e. The lowest BCUT2D eigenvalue weighted by Gasteiger charge is -2.06. The van der Waals surface area contributed by atoms with E-state index in [9.17, 15) is 8.78 Å². The minimum atomic E-state index is -0.481. The molecule has 0 bridgehead atoms. The van der Waals surface area contributed by atoms with Crippen LogP contribution in [0.15, 0.2) is 36.4 Å². The van der Waals surface area contributed by atoms with Gasteiger partial charge in [-0.3, -0.25) is 0 Å². The molecule has 0 fully saturated rings. The number of imidazole rings is 1. The van der Waals surface area contributed by atoms with Crippen LogP contribution in [0, 0.1) is 16.4 Å². The molecule has 1 aromatic heterocycles. The standard InChI is InChI=1S/C14H9ClF2N2S/c15-10-2-1-3-12-13(10)18-14(20)19(12)7-8-6-9(16)4-5-11(8)17/h1-6H,7H2,(H,18,20). The summed E-state index contributed by atoms with van der Waals surface area (Å²) in [6.45, 7) is 0.142. The first-order chi connectivity index (χ1) is 9.56. The average Bonchev–Trinajstić information content (AvgIpc) is 2.73. The number of rotatable bonds is 2. The Labute approximate surface area is 123 Å². The van der Waals surface area contributed by atoms with Crippen molar-refractivity contribution >= 4 is 34.9 Å². The van der Waals surface area contributed by atoms with Gasteiger partial charge in [0, 0.05) is 5.56 Å². The van der Waals surface area contributed by atoms with Gasteiger partial charge in [0.15, 0.2) is 4.77 Å². The molecule has 2 nitrogen and oxygen atoms in total. The number of nitrogens with one attached hydrogen (secondary N) is 1. The molecule has 0 aliphatic rings. The summed E-state index contributed by atoms with van der Waals surface area (Å²) < 4.78 is 29.0. The van der Waals surface area contributed by atoms with Crippen molar-refractivity contribution in [3.8, 4) is 0 Å². The van der Waals surface area contributed by atoms with Crippen molar-refractivity contribution in [1.82, 2.24) is 9.55 Å². The first-order valence-electron chi connectivity index (χ1n) is 5.87. The third-order valence-corrected chi connectivity index (χ3v) is 3.73. The Kier molecular flexibility index (Phi) is 3.31. The van der Waals surface area contributed by atoms with E-state index in [0.29, 0.717) is 15.3 Å². The Morgan fingerprint density at radius 1 is 1.20 bits per heavy atom. The molecule has 3 rings (SSSR count). The van der Waals surface area contributed by atoms with Gasteiger partial charge >= 0.3 is 0 Å². The van der Waals surface area contributed by atoms with Crippen LogP contribution >= 0.6 is 23.8 Å². The van der Waals surface area contributed by atoms with Crippen LogP contribution in [0.4, 0.5) is 8.78 Å². The van der Waals surface area contributed by atoms with Gasteiger partial charge in [0.05, 0.1) is 22.6 Å². The number of fused-ring (bicyclic) bond motifs is 1. The zero-order valence-electron chi connectivity index (χ0n) is 10.2. The molecule has 6 heteroatoms. The minimum absolute atomic E-state index is 0.142. The molecule has 0 aliphatic heterocycles. The molecule has 0 amide bonds. The fraction of sp³-hybridized carbons (Fsp3) is 0.0714. The lowest BCUT2D eigenvalue weighted by molar-refractivity contribution is 0.578. The van der Waals surface area contributed by atoms with Crippen LogP contribution in [-0.2, 0) is 6.54 Å². The Hall–Kier alpha value is -1.72. The van der Waals surface area contributed by atoms with E-state index in [-0.39, 0.29) is 12.1 Å². The van der Waals surface area contributed by atoms with E-state index in [0.717, 1.165) is 17.6 Å². The molecule has 0 atom stereocenters. The fourth-order valence-corrected chi connectivity index (χ4v) is 2.62. The molecule has 0 unspecified atom stereocenters. The number of H-pyrrole nitrogens is 1. The topological polar surface area (TPSA) is 20.7 Å². The van der Waals surface area contributed by atoms with Gasteiger partial charge in [-0.1, -0.05) is 17.7 Å². The van der Waals surface area contributed by atoms with Crippen molar-refractivity contribution in [2.24, 2.45) is 0 Å². The highest BCUT2D eigenvalue weighted by Gasteiger charge is 2.10. The molecule has 0 saturated heterocycles. The molecular weight excluding hydrogens is 302 g/mol. The minimum Gasteiger partial charge on any atom is -0.329 e. The third-order valence-electron chi connectivity index (χ3n) is 3.10. The number of halogens is 3. The largest absolute Gasteiger partial charge is 0.329 e. The first kappa shape index (κ1) is 13.3. The summed E-state index contributed by atoms with van der Waals surface area (Å²) in [5.74, 6) is -0.949. The lowest BCUT2D eigenvalue weighted by atomic mass is 10.2. The number of benzene rings is 2. The molecule has 20 heavy (non-hydrogen) atoms. The second kappa shape index (κ2) is 5.00. The monoisotopic (exact) mass is 310 g/mol. The number of para-hydroxylation sites is 1. The summed E-state index contributed by atoms with van der Waals surface area (Å²) in [7, 11) is 0. The number of hydrogen-bond donors (Lipinski definition) is 1. The second-order valence-corrected chi connectivity index (χ2v) is 5.18. The number of hydrogen-bond acceptors (Lipinski definition) is 1. The quantitative estimate of drug-likeness (QED) is 0.682. The summed E-state index contributed by atoms with van der Waals surface area (Å²) in [5, 5.41) is 0.534. The van der Waals surface area contributed by atoms with Gasteiger partial charge in [-0.15, -0.1) is 0 Å². The van der Waals surface area contributed by atoms with E-state index in [2.05, 4.69) is 4.98 Å². The fourth-order valence-electron chi connectivity index (χ4n) is 2.14. The van der Waals surface area contributed by atoms with Crippen LogP contribution in [0.5, 0.6) is 0 Å². The highest BCUT2D eigenvalue weighted by atomic mass is 35.5. The zero-order valence-corrected chi connectivity index (χ0v) is 11.7. The Morgan fingerprint density at radius 2 is 2.00 bits per heavy atom. The number of aromatic nitrogens is 2. The molecule has 0 spiro atoms. The van der Waals surface area contributed by atoms with Gasteiger partial charge in [0.1, 0.15) is 11.6 Å². The normalized spacial score (nSPS) is 11.2. The molecule has 0 aliphatic carbocycles. The maximum atomic E-state index is 13.7. The Bertz CT molecular complexity index is 854. The van der Waals surface area contributed by atoms with Crippen molar-refractivity contribution in [1.29, 1.82) is 0 Å². The second-order valence-electron chi connectivity index (χ2n) is 4.39. The van der Waals surface area contributed by atoms with Crippen LogP contribution in [-0.4, -0.2) is 9.55 Å². The van der Waals surface area contributed by atoms with Crippen LogP contribution in [0.3, 0.4) is 0 Å². The van der Waals surface area contributed by atoms with Crippen LogP contribution < -0.4 is 0 Å². The van der Waals surface area contributed by atoms with Crippen molar-refractivity contribution < 1.29 is 8.78 Å². The molecule has 102 valence electrons. The maximum Gasteiger partial charge on any atom is 0.178 e. The molecule has 2 aromatic carbocycles. The molecule has 0 radical (unpaired) electrons. The molecule has 0 saturated carbocycles. The van der Waals surface area contributed by atoms with E-state index < -0.39 is 11.6 Å². The molecule has 1 heterocycles. The number of nitrogens with zero attached hydrogens (tertiary/aromatic N) is 1. The van der Waals surface area contributed by atoms with Gasteiger partial charge in [-0.2, -0.15) is 0 Å². The van der Waals surface area contributed by atoms with E-state index in [4.69, 9.17) is 23.8 Å². The average molecular weight is 311 g/mol. The van der Waals surface area contributed by atoms with E-state index >= 15 is 0 Å².